The molecule has 1 N–H and O–H groups in total. The number of aryl methyl sites for hydroxylation is 2. The van der Waals surface area contributed by atoms with Gasteiger partial charge in [-0.05, 0) is 46.0 Å². The summed E-state index contributed by atoms with van der Waals surface area (Å²) >= 11 is 9.40. The second-order valence-electron chi connectivity index (χ2n) is 4.27. The van der Waals surface area contributed by atoms with Crippen molar-refractivity contribution >= 4 is 39.0 Å². The Morgan fingerprint density at radius 2 is 1.84 bits per heavy atom. The van der Waals surface area contributed by atoms with Crippen LogP contribution >= 0.6 is 27.5 Å². The number of nitrogens with one attached hydrogen (secondary N) is 1. The average molecular weight is 340 g/mol. The lowest BCUT2D eigenvalue weighted by molar-refractivity contribution is 1.08. The van der Waals surface area contributed by atoms with E-state index in [9.17, 15) is 0 Å². The van der Waals surface area contributed by atoms with Gasteiger partial charge < -0.3 is 5.32 Å². The minimum atomic E-state index is 0.622. The van der Waals surface area contributed by atoms with Crippen molar-refractivity contribution in [3.63, 3.8) is 0 Å². The van der Waals surface area contributed by atoms with Crippen LogP contribution in [-0.4, -0.2) is 4.98 Å². The Kier molecular flexibility index (Phi) is 4.83. The highest BCUT2D eigenvalue weighted by Gasteiger charge is 2.09. The summed E-state index contributed by atoms with van der Waals surface area (Å²) in [5, 5.41) is 4.04. The molecule has 0 spiro atoms. The van der Waals surface area contributed by atoms with Gasteiger partial charge in [-0.25, -0.2) is 4.98 Å². The molecule has 1 aromatic carbocycles. The molecule has 0 aliphatic heterocycles. The zero-order chi connectivity index (χ0) is 13.8. The van der Waals surface area contributed by atoms with E-state index in [1.165, 1.54) is 11.1 Å². The lowest BCUT2D eigenvalue weighted by Gasteiger charge is -2.15. The quantitative estimate of drug-likeness (QED) is 0.810. The third kappa shape index (κ3) is 3.28. The first kappa shape index (κ1) is 14.4. The van der Waals surface area contributed by atoms with E-state index in [1.54, 1.807) is 6.20 Å². The minimum Gasteiger partial charge on any atom is -0.339 e. The molecule has 0 aliphatic rings. The van der Waals surface area contributed by atoms with Gasteiger partial charge in [0.15, 0.2) is 0 Å². The van der Waals surface area contributed by atoms with Gasteiger partial charge in [0, 0.05) is 11.9 Å². The van der Waals surface area contributed by atoms with Crippen LogP contribution in [0, 0.1) is 0 Å². The predicted molar refractivity (Wildman–Crippen MR) is 85.4 cm³/mol. The molecule has 0 saturated heterocycles. The number of aromatic nitrogens is 1. The summed E-state index contributed by atoms with van der Waals surface area (Å²) in [5.41, 5.74) is 3.74. The predicted octanol–water partition coefficient (Wildman–Crippen LogP) is 5.37. The SMILES string of the molecule is CCc1cccc(CC)c1Nc1ncc(Cl)cc1Br. The second-order valence-corrected chi connectivity index (χ2v) is 5.56. The summed E-state index contributed by atoms with van der Waals surface area (Å²) in [4.78, 5) is 4.33. The molecule has 0 atom stereocenters. The molecule has 0 aliphatic carbocycles. The van der Waals surface area contributed by atoms with E-state index in [0.29, 0.717) is 5.02 Å². The highest BCUT2D eigenvalue weighted by atomic mass is 79.9. The van der Waals surface area contributed by atoms with Crippen LogP contribution in [0.3, 0.4) is 0 Å². The van der Waals surface area contributed by atoms with Gasteiger partial charge >= 0.3 is 0 Å². The van der Waals surface area contributed by atoms with Crippen molar-refractivity contribution < 1.29 is 0 Å². The highest BCUT2D eigenvalue weighted by Crippen LogP contribution is 2.30. The number of benzene rings is 1. The minimum absolute atomic E-state index is 0.622. The topological polar surface area (TPSA) is 24.9 Å². The molecule has 100 valence electrons. The van der Waals surface area contributed by atoms with Gasteiger partial charge in [-0.2, -0.15) is 0 Å². The Labute approximate surface area is 127 Å². The fourth-order valence-electron chi connectivity index (χ4n) is 2.03. The van der Waals surface area contributed by atoms with Gasteiger partial charge in [0.1, 0.15) is 5.82 Å². The van der Waals surface area contributed by atoms with Crippen LogP contribution < -0.4 is 5.32 Å². The van der Waals surface area contributed by atoms with Crippen molar-refractivity contribution in [3.05, 3.63) is 51.1 Å². The first-order valence-electron chi connectivity index (χ1n) is 6.34. The highest BCUT2D eigenvalue weighted by molar-refractivity contribution is 9.10. The maximum Gasteiger partial charge on any atom is 0.144 e. The summed E-state index contributed by atoms with van der Waals surface area (Å²) < 4.78 is 0.868. The molecule has 1 heterocycles. The third-order valence-electron chi connectivity index (χ3n) is 3.05. The van der Waals surface area contributed by atoms with Crippen LogP contribution in [0.15, 0.2) is 34.9 Å². The molecule has 0 amide bonds. The Balaban J connectivity index is 2.42. The molecular weight excluding hydrogens is 324 g/mol. The normalized spacial score (nSPS) is 10.5. The van der Waals surface area contributed by atoms with Crippen molar-refractivity contribution in [2.75, 3.05) is 5.32 Å². The maximum absolute atomic E-state index is 5.92. The van der Waals surface area contributed by atoms with Gasteiger partial charge in [0.2, 0.25) is 0 Å². The molecule has 2 aromatic rings. The first-order chi connectivity index (χ1) is 9.15. The standard InChI is InChI=1S/C15H16BrClN2/c1-3-10-6-5-7-11(4-2)14(10)19-15-13(16)8-12(17)9-18-15/h5-9H,3-4H2,1-2H3,(H,18,19). The number of rotatable bonds is 4. The average Bonchev–Trinajstić information content (AvgIpc) is 2.42. The zero-order valence-corrected chi connectivity index (χ0v) is 13.3. The zero-order valence-electron chi connectivity index (χ0n) is 11.0. The molecule has 1 aromatic heterocycles. The van der Waals surface area contributed by atoms with E-state index in [0.717, 1.165) is 28.8 Å². The first-order valence-corrected chi connectivity index (χ1v) is 7.51. The Hall–Kier alpha value is -1.06. The molecular formula is C15H16BrClN2. The number of hydrogen-bond acceptors (Lipinski definition) is 2. The fourth-order valence-corrected chi connectivity index (χ4v) is 2.77. The lowest BCUT2D eigenvalue weighted by Crippen LogP contribution is -2.02. The fraction of sp³-hybridized carbons (Fsp3) is 0.267. The third-order valence-corrected chi connectivity index (χ3v) is 3.86. The Bertz CT molecular complexity index is 562. The molecule has 2 nitrogen and oxygen atoms in total. The molecule has 0 fully saturated rings. The monoisotopic (exact) mass is 338 g/mol. The Morgan fingerprint density at radius 1 is 1.21 bits per heavy atom. The number of hydrogen-bond donors (Lipinski definition) is 1. The van der Waals surface area contributed by atoms with Crippen LogP contribution in [-0.2, 0) is 12.8 Å². The summed E-state index contributed by atoms with van der Waals surface area (Å²) in [7, 11) is 0. The van der Waals surface area contributed by atoms with Crippen molar-refractivity contribution in [3.8, 4) is 0 Å². The second kappa shape index (κ2) is 6.40. The lowest BCUT2D eigenvalue weighted by atomic mass is 10.0. The van der Waals surface area contributed by atoms with Gasteiger partial charge in [-0.1, -0.05) is 43.6 Å². The molecule has 2 rings (SSSR count). The number of para-hydroxylation sites is 1. The van der Waals surface area contributed by atoms with E-state index in [4.69, 9.17) is 11.6 Å². The van der Waals surface area contributed by atoms with Gasteiger partial charge in [0.25, 0.3) is 0 Å². The van der Waals surface area contributed by atoms with E-state index in [1.807, 2.05) is 6.07 Å². The van der Waals surface area contributed by atoms with Crippen molar-refractivity contribution in [2.24, 2.45) is 0 Å². The largest absolute Gasteiger partial charge is 0.339 e. The summed E-state index contributed by atoms with van der Waals surface area (Å²) in [5.74, 6) is 0.792. The van der Waals surface area contributed by atoms with Crippen LogP contribution in [0.5, 0.6) is 0 Å². The Morgan fingerprint density at radius 3 is 2.37 bits per heavy atom. The number of nitrogens with zero attached hydrogens (tertiary/aromatic N) is 1. The summed E-state index contributed by atoms with van der Waals surface area (Å²) in [6.07, 6.45) is 3.62. The van der Waals surface area contributed by atoms with E-state index in [-0.39, 0.29) is 0 Å². The van der Waals surface area contributed by atoms with E-state index < -0.39 is 0 Å². The van der Waals surface area contributed by atoms with E-state index >= 15 is 0 Å². The molecule has 0 unspecified atom stereocenters. The maximum atomic E-state index is 5.92. The van der Waals surface area contributed by atoms with E-state index in [2.05, 4.69) is 58.3 Å². The van der Waals surface area contributed by atoms with Crippen molar-refractivity contribution in [1.82, 2.24) is 4.98 Å². The van der Waals surface area contributed by atoms with Crippen molar-refractivity contribution in [2.45, 2.75) is 26.7 Å². The van der Waals surface area contributed by atoms with Gasteiger partial charge in [0.05, 0.1) is 9.50 Å². The van der Waals surface area contributed by atoms with Crippen LogP contribution in [0.1, 0.15) is 25.0 Å². The summed E-state index contributed by atoms with van der Waals surface area (Å²) in [6, 6.07) is 8.24. The van der Waals surface area contributed by atoms with Crippen molar-refractivity contribution in [1.29, 1.82) is 0 Å². The van der Waals surface area contributed by atoms with Crippen LogP contribution in [0.4, 0.5) is 11.5 Å². The number of halogens is 2. The van der Waals surface area contributed by atoms with Crippen LogP contribution in [0.25, 0.3) is 0 Å². The molecule has 4 heteroatoms. The molecule has 0 bridgehead atoms. The molecule has 0 saturated carbocycles. The number of pyridine rings is 1. The summed E-state index contributed by atoms with van der Waals surface area (Å²) in [6.45, 7) is 4.31. The van der Waals surface area contributed by atoms with Gasteiger partial charge in [-0.15, -0.1) is 0 Å². The smallest absolute Gasteiger partial charge is 0.144 e. The van der Waals surface area contributed by atoms with Gasteiger partial charge in [-0.3, -0.25) is 0 Å². The molecule has 19 heavy (non-hydrogen) atoms. The number of anilines is 2. The van der Waals surface area contributed by atoms with Crippen LogP contribution in [0.2, 0.25) is 5.02 Å². The molecule has 0 radical (unpaired) electrons.